The maximum Gasteiger partial charge on any atom is 0.0612 e. The fourth-order valence-electron chi connectivity index (χ4n) is 6.38. The monoisotopic (exact) mass is 244 g/mol. The van der Waals surface area contributed by atoms with Crippen LogP contribution in [0.3, 0.4) is 0 Å². The third-order valence-corrected chi connectivity index (χ3v) is 6.88. The van der Waals surface area contributed by atoms with Crippen molar-refractivity contribution in [3.8, 4) is 0 Å². The molecule has 7 unspecified atom stereocenters. The number of hydrogen-bond donors (Lipinski definition) is 0. The predicted octanol–water partition coefficient (Wildman–Crippen LogP) is 3.79. The summed E-state index contributed by atoms with van der Waals surface area (Å²) < 4.78 is 6.50. The zero-order chi connectivity index (χ0) is 11.7. The molecule has 1 heteroatoms. The zero-order valence-corrected chi connectivity index (χ0v) is 11.1. The van der Waals surface area contributed by atoms with Crippen LogP contribution in [0.5, 0.6) is 0 Å². The highest BCUT2D eigenvalue weighted by Crippen LogP contribution is 2.66. The lowest BCUT2D eigenvalue weighted by molar-refractivity contribution is -0.0601. The van der Waals surface area contributed by atoms with Crippen molar-refractivity contribution in [2.45, 2.75) is 57.2 Å². The molecule has 0 spiro atoms. The molecule has 7 atom stereocenters. The second-order valence-electron chi connectivity index (χ2n) is 7.58. The number of fused-ring (bicyclic) bond motifs is 9. The fourth-order valence-corrected chi connectivity index (χ4v) is 6.38. The number of hydrogen-bond acceptors (Lipinski definition) is 1. The predicted molar refractivity (Wildman–Crippen MR) is 71.1 cm³/mol. The van der Waals surface area contributed by atoms with Crippen molar-refractivity contribution in [2.75, 3.05) is 0 Å². The normalized spacial score (nSPS) is 56.8. The van der Waals surface area contributed by atoms with Crippen LogP contribution in [-0.2, 0) is 4.74 Å². The Morgan fingerprint density at radius 2 is 1.61 bits per heavy atom. The summed E-state index contributed by atoms with van der Waals surface area (Å²) in [7, 11) is 0. The Morgan fingerprint density at radius 3 is 2.44 bits per heavy atom. The summed E-state index contributed by atoms with van der Waals surface area (Å²) in [6, 6.07) is 0. The highest BCUT2D eigenvalue weighted by atomic mass is 16.5. The Labute approximate surface area is 110 Å². The van der Waals surface area contributed by atoms with Gasteiger partial charge in [0.25, 0.3) is 0 Å². The van der Waals surface area contributed by atoms with Crippen LogP contribution in [0.15, 0.2) is 12.2 Å². The topological polar surface area (TPSA) is 9.23 Å². The van der Waals surface area contributed by atoms with Gasteiger partial charge in [-0.1, -0.05) is 25.0 Å². The van der Waals surface area contributed by atoms with Gasteiger partial charge in [0.1, 0.15) is 0 Å². The number of allylic oxidation sites excluding steroid dienone is 2. The van der Waals surface area contributed by atoms with E-state index in [4.69, 9.17) is 4.74 Å². The van der Waals surface area contributed by atoms with Gasteiger partial charge in [-0.2, -0.15) is 0 Å². The fraction of sp³-hybridized carbons (Fsp3) is 0.882. The van der Waals surface area contributed by atoms with Gasteiger partial charge in [-0.05, 0) is 67.6 Å². The van der Waals surface area contributed by atoms with Crippen LogP contribution < -0.4 is 0 Å². The summed E-state index contributed by atoms with van der Waals surface area (Å²) >= 11 is 0. The molecule has 0 saturated heterocycles. The molecule has 18 heavy (non-hydrogen) atoms. The average Bonchev–Trinajstić information content (AvgIpc) is 3.16. The molecule has 0 amide bonds. The first-order chi connectivity index (χ1) is 8.90. The average molecular weight is 244 g/mol. The summed E-state index contributed by atoms with van der Waals surface area (Å²) in [5, 5.41) is 0. The lowest BCUT2D eigenvalue weighted by atomic mass is 9.72. The minimum Gasteiger partial charge on any atom is -0.375 e. The summed E-state index contributed by atoms with van der Waals surface area (Å²) in [5.41, 5.74) is 0. The molecule has 0 aliphatic heterocycles. The van der Waals surface area contributed by atoms with E-state index < -0.39 is 0 Å². The van der Waals surface area contributed by atoms with Gasteiger partial charge in [-0.25, -0.2) is 0 Å². The highest BCUT2D eigenvalue weighted by molar-refractivity contribution is 5.21. The van der Waals surface area contributed by atoms with Gasteiger partial charge < -0.3 is 4.74 Å². The summed E-state index contributed by atoms with van der Waals surface area (Å²) in [6.45, 7) is 0. The molecule has 5 aliphatic carbocycles. The second kappa shape index (κ2) is 3.62. The molecule has 0 aromatic rings. The highest BCUT2D eigenvalue weighted by Gasteiger charge is 2.61. The van der Waals surface area contributed by atoms with E-state index in [0.29, 0.717) is 12.2 Å². The first kappa shape index (κ1) is 10.5. The molecule has 1 nitrogen and oxygen atoms in total. The summed E-state index contributed by atoms with van der Waals surface area (Å²) in [4.78, 5) is 0. The van der Waals surface area contributed by atoms with E-state index in [0.717, 1.165) is 35.5 Å². The third kappa shape index (κ3) is 1.27. The Morgan fingerprint density at radius 1 is 0.833 bits per heavy atom. The van der Waals surface area contributed by atoms with E-state index in [1.807, 2.05) is 0 Å². The van der Waals surface area contributed by atoms with E-state index >= 15 is 0 Å². The van der Waals surface area contributed by atoms with Crippen LogP contribution in [0, 0.1) is 35.5 Å². The van der Waals surface area contributed by atoms with E-state index in [-0.39, 0.29) is 0 Å². The zero-order valence-electron chi connectivity index (χ0n) is 11.1. The van der Waals surface area contributed by atoms with Crippen LogP contribution in [0.25, 0.3) is 0 Å². The molecule has 4 bridgehead atoms. The van der Waals surface area contributed by atoms with E-state index in [9.17, 15) is 0 Å². The quantitative estimate of drug-likeness (QED) is 0.530. The van der Waals surface area contributed by atoms with Gasteiger partial charge in [0, 0.05) is 0 Å². The number of ether oxygens (including phenoxy) is 1. The smallest absolute Gasteiger partial charge is 0.0612 e. The van der Waals surface area contributed by atoms with Crippen molar-refractivity contribution >= 4 is 0 Å². The molecule has 98 valence electrons. The van der Waals surface area contributed by atoms with Gasteiger partial charge in [0.05, 0.1) is 12.2 Å². The lowest BCUT2D eigenvalue weighted by Gasteiger charge is -2.37. The van der Waals surface area contributed by atoms with Gasteiger partial charge in [-0.15, -0.1) is 0 Å². The molecular weight excluding hydrogens is 220 g/mol. The van der Waals surface area contributed by atoms with Gasteiger partial charge in [0.2, 0.25) is 0 Å². The molecule has 0 aromatic heterocycles. The molecular formula is C17H24O. The van der Waals surface area contributed by atoms with Crippen LogP contribution in [0.4, 0.5) is 0 Å². The molecule has 0 N–H and O–H groups in total. The second-order valence-corrected chi connectivity index (χ2v) is 7.58. The molecule has 0 aromatic carbocycles. The Hall–Kier alpha value is -0.300. The molecule has 4 fully saturated rings. The Kier molecular flexibility index (Phi) is 2.11. The largest absolute Gasteiger partial charge is 0.375 e. The van der Waals surface area contributed by atoms with Crippen LogP contribution in [-0.4, -0.2) is 12.2 Å². The first-order valence-electron chi connectivity index (χ1n) is 8.24. The van der Waals surface area contributed by atoms with Crippen molar-refractivity contribution < 1.29 is 4.74 Å². The third-order valence-electron chi connectivity index (χ3n) is 6.88. The lowest BCUT2D eigenvalue weighted by Crippen LogP contribution is -2.36. The molecule has 5 aliphatic rings. The first-order valence-corrected chi connectivity index (χ1v) is 8.24. The maximum absolute atomic E-state index is 6.50. The standard InChI is InChI=1S/C17H24O/c1-2-4-13(3-1)18-15-9-12-8-14(15)17-11-6-5-10(7-11)16(12)17/h5-6,10-17H,1-4,7-9H2. The van der Waals surface area contributed by atoms with Gasteiger partial charge in [0.15, 0.2) is 0 Å². The molecule has 0 radical (unpaired) electrons. The van der Waals surface area contributed by atoms with E-state index in [1.54, 1.807) is 0 Å². The summed E-state index contributed by atoms with van der Waals surface area (Å²) in [5.74, 6) is 5.93. The van der Waals surface area contributed by atoms with Gasteiger partial charge in [-0.3, -0.25) is 0 Å². The van der Waals surface area contributed by atoms with Crippen LogP contribution >= 0.6 is 0 Å². The summed E-state index contributed by atoms with van der Waals surface area (Å²) in [6.07, 6.45) is 16.2. The van der Waals surface area contributed by atoms with E-state index in [2.05, 4.69) is 12.2 Å². The molecule has 0 heterocycles. The maximum atomic E-state index is 6.50. The SMILES string of the molecule is C1=CC2CC1C1C3CC(OC4CCCC4)C(C3)C21. The van der Waals surface area contributed by atoms with Crippen LogP contribution in [0.2, 0.25) is 0 Å². The van der Waals surface area contributed by atoms with Crippen molar-refractivity contribution in [1.29, 1.82) is 0 Å². The Balaban J connectivity index is 1.36. The van der Waals surface area contributed by atoms with Crippen molar-refractivity contribution in [2.24, 2.45) is 35.5 Å². The van der Waals surface area contributed by atoms with Crippen molar-refractivity contribution in [3.05, 3.63) is 12.2 Å². The number of rotatable bonds is 2. The minimum atomic E-state index is 0.627. The van der Waals surface area contributed by atoms with Gasteiger partial charge >= 0.3 is 0 Å². The Bertz CT molecular complexity index is 381. The van der Waals surface area contributed by atoms with Crippen molar-refractivity contribution in [3.63, 3.8) is 0 Å². The molecule has 4 saturated carbocycles. The van der Waals surface area contributed by atoms with Crippen molar-refractivity contribution in [1.82, 2.24) is 0 Å². The van der Waals surface area contributed by atoms with Crippen LogP contribution in [0.1, 0.15) is 44.9 Å². The minimum absolute atomic E-state index is 0.627. The van der Waals surface area contributed by atoms with E-state index in [1.165, 1.54) is 44.9 Å². The molecule has 5 rings (SSSR count).